The summed E-state index contributed by atoms with van der Waals surface area (Å²) in [5.41, 5.74) is 1.09. The van der Waals surface area contributed by atoms with E-state index in [1.165, 1.54) is 35.6 Å². The van der Waals surface area contributed by atoms with Gasteiger partial charge in [0.15, 0.2) is 6.61 Å². The van der Waals surface area contributed by atoms with Crippen LogP contribution >= 0.6 is 11.3 Å². The van der Waals surface area contributed by atoms with Crippen molar-refractivity contribution in [3.8, 4) is 0 Å². The van der Waals surface area contributed by atoms with E-state index in [2.05, 4.69) is 5.32 Å². The summed E-state index contributed by atoms with van der Waals surface area (Å²) in [7, 11) is -3.73. The van der Waals surface area contributed by atoms with Crippen LogP contribution in [-0.2, 0) is 26.1 Å². The topological polar surface area (TPSA) is 116 Å². The Morgan fingerprint density at radius 2 is 1.87 bits per heavy atom. The highest BCUT2D eigenvalue weighted by molar-refractivity contribution is 7.89. The van der Waals surface area contributed by atoms with Gasteiger partial charge in [0.05, 0.1) is 10.5 Å². The molecule has 1 aromatic heterocycles. The molecule has 0 aliphatic carbocycles. The van der Waals surface area contributed by atoms with Crippen LogP contribution in [0.15, 0.2) is 46.0 Å². The first-order valence-corrected chi connectivity index (χ1v) is 8.93. The number of carbonyl (C=O) groups excluding carboxylic acids is 2. The lowest BCUT2D eigenvalue weighted by atomic mass is 10.2. The highest BCUT2D eigenvalue weighted by Gasteiger charge is 2.11. The first-order valence-electron chi connectivity index (χ1n) is 6.44. The Morgan fingerprint density at radius 1 is 1.17 bits per heavy atom. The summed E-state index contributed by atoms with van der Waals surface area (Å²) in [5, 5.41) is 10.9. The van der Waals surface area contributed by atoms with E-state index >= 15 is 0 Å². The van der Waals surface area contributed by atoms with Gasteiger partial charge in [-0.3, -0.25) is 4.79 Å². The highest BCUT2D eigenvalue weighted by Crippen LogP contribution is 2.09. The van der Waals surface area contributed by atoms with Crippen molar-refractivity contribution in [3.05, 3.63) is 52.2 Å². The zero-order valence-electron chi connectivity index (χ0n) is 11.9. The van der Waals surface area contributed by atoms with Gasteiger partial charge in [-0.05, 0) is 29.1 Å². The maximum absolute atomic E-state index is 11.6. The zero-order valence-corrected chi connectivity index (χ0v) is 13.5. The van der Waals surface area contributed by atoms with Gasteiger partial charge in [0, 0.05) is 11.9 Å². The van der Waals surface area contributed by atoms with Gasteiger partial charge < -0.3 is 10.1 Å². The molecular weight excluding hydrogens is 340 g/mol. The third-order valence-electron chi connectivity index (χ3n) is 2.83. The summed E-state index contributed by atoms with van der Waals surface area (Å²) in [4.78, 5) is 23.2. The first-order chi connectivity index (χ1) is 10.9. The smallest absolute Gasteiger partial charge is 0.339 e. The van der Waals surface area contributed by atoms with Crippen LogP contribution in [-0.4, -0.2) is 26.9 Å². The zero-order chi connectivity index (χ0) is 16.9. The number of rotatable bonds is 6. The Labute approximate surface area is 137 Å². The fourth-order valence-electron chi connectivity index (χ4n) is 1.64. The van der Waals surface area contributed by atoms with Crippen LogP contribution < -0.4 is 10.5 Å². The molecule has 0 atom stereocenters. The van der Waals surface area contributed by atoms with Gasteiger partial charge in [0.2, 0.25) is 10.0 Å². The lowest BCUT2D eigenvalue weighted by molar-refractivity contribution is -0.124. The van der Waals surface area contributed by atoms with Crippen LogP contribution in [0.2, 0.25) is 0 Å². The average Bonchev–Trinajstić information content (AvgIpc) is 3.04. The Morgan fingerprint density at radius 3 is 2.43 bits per heavy atom. The third-order valence-corrected chi connectivity index (χ3v) is 4.45. The summed E-state index contributed by atoms with van der Waals surface area (Å²) >= 11 is 1.36. The van der Waals surface area contributed by atoms with Crippen molar-refractivity contribution in [1.29, 1.82) is 0 Å². The molecule has 0 bridgehead atoms. The third kappa shape index (κ3) is 5.16. The van der Waals surface area contributed by atoms with Gasteiger partial charge >= 0.3 is 5.97 Å². The van der Waals surface area contributed by atoms with E-state index in [0.717, 1.165) is 0 Å². The summed E-state index contributed by atoms with van der Waals surface area (Å²) in [6.45, 7) is -0.205. The summed E-state index contributed by atoms with van der Waals surface area (Å²) in [6, 6.07) is 7.40. The lowest BCUT2D eigenvalue weighted by Gasteiger charge is -2.07. The summed E-state index contributed by atoms with van der Waals surface area (Å²) in [5.74, 6) is -1.01. The molecule has 0 spiro atoms. The Balaban J connectivity index is 1.79. The van der Waals surface area contributed by atoms with E-state index in [1.807, 2.05) is 0 Å². The number of amides is 1. The molecular formula is C14H14N2O5S2. The van der Waals surface area contributed by atoms with Crippen molar-refractivity contribution in [2.45, 2.75) is 11.4 Å². The van der Waals surface area contributed by atoms with Crippen LogP contribution in [0.5, 0.6) is 0 Å². The van der Waals surface area contributed by atoms with Crippen LogP contribution in [0.1, 0.15) is 15.9 Å². The molecule has 9 heteroatoms. The molecule has 0 fully saturated rings. The lowest BCUT2D eigenvalue weighted by Crippen LogP contribution is -2.28. The van der Waals surface area contributed by atoms with Gasteiger partial charge in [-0.1, -0.05) is 12.1 Å². The molecule has 23 heavy (non-hydrogen) atoms. The number of ether oxygens (including phenoxy) is 1. The first kappa shape index (κ1) is 17.1. The number of benzene rings is 1. The minimum atomic E-state index is -3.73. The highest BCUT2D eigenvalue weighted by atomic mass is 32.2. The van der Waals surface area contributed by atoms with Crippen molar-refractivity contribution in [1.82, 2.24) is 5.32 Å². The van der Waals surface area contributed by atoms with E-state index < -0.39 is 21.9 Å². The molecule has 1 heterocycles. The molecule has 0 radical (unpaired) electrons. The van der Waals surface area contributed by atoms with Crippen LogP contribution in [0.3, 0.4) is 0 Å². The number of primary sulfonamides is 1. The minimum Gasteiger partial charge on any atom is -0.452 e. The summed E-state index contributed by atoms with van der Waals surface area (Å²) < 4.78 is 27.1. The van der Waals surface area contributed by atoms with Gasteiger partial charge in [0.25, 0.3) is 5.91 Å². The number of thiophene rings is 1. The second kappa shape index (κ2) is 7.36. The number of nitrogens with two attached hydrogens (primary N) is 1. The monoisotopic (exact) mass is 354 g/mol. The van der Waals surface area contributed by atoms with Crippen molar-refractivity contribution in [2.24, 2.45) is 5.14 Å². The molecule has 2 aromatic rings. The SMILES string of the molecule is NS(=O)(=O)c1ccc(CNC(=O)COC(=O)c2ccsc2)cc1. The standard InChI is InChI=1S/C14H14N2O5S2/c15-23(19,20)12-3-1-10(2-4-12)7-16-13(17)8-21-14(18)11-5-6-22-9-11/h1-6,9H,7-8H2,(H,16,17)(H2,15,19,20). The Kier molecular flexibility index (Phi) is 5.48. The van der Waals surface area contributed by atoms with Crippen LogP contribution in [0.4, 0.5) is 0 Å². The summed E-state index contributed by atoms with van der Waals surface area (Å²) in [6.07, 6.45) is 0. The fraction of sp³-hybridized carbons (Fsp3) is 0.143. The maximum Gasteiger partial charge on any atom is 0.339 e. The quantitative estimate of drug-likeness (QED) is 0.747. The normalized spacial score (nSPS) is 11.0. The maximum atomic E-state index is 11.6. The minimum absolute atomic E-state index is 0.00253. The Bertz CT molecular complexity index is 783. The largest absolute Gasteiger partial charge is 0.452 e. The van der Waals surface area contributed by atoms with Crippen molar-refractivity contribution in [3.63, 3.8) is 0 Å². The fourth-order valence-corrected chi connectivity index (χ4v) is 2.78. The molecule has 7 nitrogen and oxygen atoms in total. The number of sulfonamides is 1. The van der Waals surface area contributed by atoms with Gasteiger partial charge in [-0.25, -0.2) is 18.4 Å². The van der Waals surface area contributed by atoms with Gasteiger partial charge in [0.1, 0.15) is 0 Å². The van der Waals surface area contributed by atoms with E-state index in [1.54, 1.807) is 16.8 Å². The number of nitrogens with one attached hydrogen (secondary N) is 1. The second-order valence-corrected chi connectivity index (χ2v) is 6.90. The number of hydrogen-bond acceptors (Lipinski definition) is 6. The second-order valence-electron chi connectivity index (χ2n) is 4.55. The molecule has 3 N–H and O–H groups in total. The van der Waals surface area contributed by atoms with Crippen molar-refractivity contribution >= 4 is 33.2 Å². The molecule has 0 aliphatic rings. The van der Waals surface area contributed by atoms with E-state index in [9.17, 15) is 18.0 Å². The number of hydrogen-bond donors (Lipinski definition) is 2. The van der Waals surface area contributed by atoms with Crippen LogP contribution in [0.25, 0.3) is 0 Å². The average molecular weight is 354 g/mol. The van der Waals surface area contributed by atoms with Gasteiger partial charge in [-0.2, -0.15) is 11.3 Å². The molecule has 1 amide bonds. The predicted octanol–water partition coefficient (Wildman–Crippen LogP) is 0.869. The Hall–Kier alpha value is -2.23. The molecule has 0 unspecified atom stereocenters. The van der Waals surface area contributed by atoms with Crippen molar-refractivity contribution < 1.29 is 22.7 Å². The molecule has 0 saturated carbocycles. The molecule has 0 saturated heterocycles. The molecule has 122 valence electrons. The molecule has 1 aromatic carbocycles. The predicted molar refractivity (Wildman–Crippen MR) is 84.3 cm³/mol. The van der Waals surface area contributed by atoms with Crippen molar-refractivity contribution in [2.75, 3.05) is 6.61 Å². The van der Waals surface area contributed by atoms with Crippen LogP contribution in [0, 0.1) is 0 Å². The molecule has 0 aliphatic heterocycles. The number of esters is 1. The van der Waals surface area contributed by atoms with E-state index in [0.29, 0.717) is 11.1 Å². The molecule has 2 rings (SSSR count). The van der Waals surface area contributed by atoms with E-state index in [-0.39, 0.29) is 18.0 Å². The number of carbonyl (C=O) groups is 2. The van der Waals surface area contributed by atoms with E-state index in [4.69, 9.17) is 9.88 Å². The van der Waals surface area contributed by atoms with Gasteiger partial charge in [-0.15, -0.1) is 0 Å².